The zero-order valence-corrected chi connectivity index (χ0v) is 18.5. The summed E-state index contributed by atoms with van der Waals surface area (Å²) in [6, 6.07) is 15.6. The molecule has 0 aliphatic carbocycles. The normalized spacial score (nSPS) is 16.2. The molecule has 0 spiro atoms. The number of aryl methyl sites for hydroxylation is 1. The monoisotopic (exact) mass is 378 g/mol. The molecule has 0 radical (unpaired) electrons. The van der Waals surface area contributed by atoms with Gasteiger partial charge in [0, 0.05) is 18.2 Å². The Kier molecular flexibility index (Phi) is 8.79. The van der Waals surface area contributed by atoms with Gasteiger partial charge in [0.2, 0.25) is 0 Å². The molecular weight excluding hydrogens is 340 g/mol. The summed E-state index contributed by atoms with van der Waals surface area (Å²) in [6.45, 7) is 13.9. The largest absolute Gasteiger partial charge is 0.402 e. The molecule has 1 aliphatic heterocycles. The van der Waals surface area contributed by atoms with Crippen LogP contribution in [0.2, 0.25) is 0 Å². The van der Waals surface area contributed by atoms with Crippen LogP contribution in [0.25, 0.3) is 0 Å². The van der Waals surface area contributed by atoms with Gasteiger partial charge in [0.1, 0.15) is 0 Å². The Morgan fingerprint density at radius 3 is 2.39 bits per heavy atom. The lowest BCUT2D eigenvalue weighted by Gasteiger charge is -2.27. The third-order valence-electron chi connectivity index (χ3n) is 5.76. The van der Waals surface area contributed by atoms with E-state index in [1.165, 1.54) is 60.2 Å². The van der Waals surface area contributed by atoms with Crippen LogP contribution < -0.4 is 5.73 Å². The molecule has 1 atom stereocenters. The van der Waals surface area contributed by atoms with Gasteiger partial charge in [-0.25, -0.2) is 0 Å². The SMILES string of the molecule is C/C=C(\N)C(c1cccc(CN2CCCCC2)c1)c1cccc(C)c1C.CC. The van der Waals surface area contributed by atoms with Crippen molar-refractivity contribution in [3.05, 3.63) is 82.1 Å². The summed E-state index contributed by atoms with van der Waals surface area (Å²) in [6.07, 6.45) is 6.08. The van der Waals surface area contributed by atoms with Gasteiger partial charge in [0.25, 0.3) is 0 Å². The second-order valence-electron chi connectivity index (χ2n) is 7.59. The van der Waals surface area contributed by atoms with Crippen LogP contribution in [0.5, 0.6) is 0 Å². The van der Waals surface area contributed by atoms with Gasteiger partial charge < -0.3 is 5.73 Å². The molecule has 2 nitrogen and oxygen atoms in total. The van der Waals surface area contributed by atoms with Crippen LogP contribution in [0, 0.1) is 13.8 Å². The van der Waals surface area contributed by atoms with Crippen molar-refractivity contribution in [3.63, 3.8) is 0 Å². The summed E-state index contributed by atoms with van der Waals surface area (Å²) < 4.78 is 0. The van der Waals surface area contributed by atoms with E-state index in [2.05, 4.69) is 61.2 Å². The number of nitrogens with two attached hydrogens (primary N) is 1. The average Bonchev–Trinajstić information content (AvgIpc) is 2.74. The Morgan fingerprint density at radius 1 is 1.04 bits per heavy atom. The topological polar surface area (TPSA) is 29.3 Å². The molecule has 152 valence electrons. The zero-order valence-electron chi connectivity index (χ0n) is 18.5. The van der Waals surface area contributed by atoms with Gasteiger partial charge in [0.05, 0.1) is 0 Å². The highest BCUT2D eigenvalue weighted by Crippen LogP contribution is 2.33. The fraction of sp³-hybridized carbons (Fsp3) is 0.462. The van der Waals surface area contributed by atoms with Crippen LogP contribution in [0.3, 0.4) is 0 Å². The molecule has 28 heavy (non-hydrogen) atoms. The van der Waals surface area contributed by atoms with E-state index < -0.39 is 0 Å². The van der Waals surface area contributed by atoms with Crippen molar-refractivity contribution >= 4 is 0 Å². The maximum absolute atomic E-state index is 6.49. The molecule has 2 aromatic carbocycles. The predicted octanol–water partition coefficient (Wildman–Crippen LogP) is 6.31. The highest BCUT2D eigenvalue weighted by molar-refractivity contribution is 5.46. The van der Waals surface area contributed by atoms with Crippen molar-refractivity contribution in [1.82, 2.24) is 4.90 Å². The van der Waals surface area contributed by atoms with Gasteiger partial charge in [-0.1, -0.05) is 68.8 Å². The van der Waals surface area contributed by atoms with Gasteiger partial charge in [-0.2, -0.15) is 0 Å². The first-order valence-corrected chi connectivity index (χ1v) is 10.9. The number of piperidine rings is 1. The molecule has 2 N–H and O–H groups in total. The molecule has 0 saturated carbocycles. The minimum atomic E-state index is 0.126. The molecule has 1 heterocycles. The molecule has 0 amide bonds. The van der Waals surface area contributed by atoms with Crippen LogP contribution in [0.15, 0.2) is 54.2 Å². The van der Waals surface area contributed by atoms with E-state index >= 15 is 0 Å². The molecule has 2 heteroatoms. The number of likely N-dealkylation sites (tertiary alicyclic amines) is 1. The summed E-state index contributed by atoms with van der Waals surface area (Å²) in [7, 11) is 0. The van der Waals surface area contributed by atoms with Crippen molar-refractivity contribution in [2.45, 2.75) is 66.3 Å². The minimum Gasteiger partial charge on any atom is -0.402 e. The fourth-order valence-corrected chi connectivity index (χ4v) is 4.05. The van der Waals surface area contributed by atoms with Gasteiger partial charge in [-0.15, -0.1) is 0 Å². The Hall–Kier alpha value is -2.06. The summed E-state index contributed by atoms with van der Waals surface area (Å²) in [5, 5.41) is 0. The van der Waals surface area contributed by atoms with E-state index in [0.29, 0.717) is 0 Å². The maximum Gasteiger partial charge on any atom is 0.0484 e. The smallest absolute Gasteiger partial charge is 0.0484 e. The van der Waals surface area contributed by atoms with E-state index in [4.69, 9.17) is 5.73 Å². The first-order chi connectivity index (χ1) is 13.6. The molecule has 0 bridgehead atoms. The van der Waals surface area contributed by atoms with E-state index in [0.717, 1.165) is 12.2 Å². The number of hydrogen-bond donors (Lipinski definition) is 1. The minimum absolute atomic E-state index is 0.126. The van der Waals surface area contributed by atoms with E-state index in [1.54, 1.807) is 0 Å². The van der Waals surface area contributed by atoms with E-state index in [-0.39, 0.29) is 5.92 Å². The number of nitrogens with zero attached hydrogens (tertiary/aromatic N) is 1. The second kappa shape index (κ2) is 11.1. The first-order valence-electron chi connectivity index (χ1n) is 10.9. The Morgan fingerprint density at radius 2 is 1.71 bits per heavy atom. The van der Waals surface area contributed by atoms with Crippen molar-refractivity contribution in [1.29, 1.82) is 0 Å². The summed E-state index contributed by atoms with van der Waals surface area (Å²) in [5.74, 6) is 0.126. The number of benzene rings is 2. The number of allylic oxidation sites excluding steroid dienone is 2. The van der Waals surface area contributed by atoms with Crippen molar-refractivity contribution in [3.8, 4) is 0 Å². The van der Waals surface area contributed by atoms with Crippen molar-refractivity contribution in [2.24, 2.45) is 5.73 Å². The van der Waals surface area contributed by atoms with Gasteiger partial charge in [-0.05, 0) is 74.5 Å². The van der Waals surface area contributed by atoms with Crippen molar-refractivity contribution < 1.29 is 0 Å². The maximum atomic E-state index is 6.49. The third-order valence-corrected chi connectivity index (χ3v) is 5.76. The van der Waals surface area contributed by atoms with Crippen LogP contribution in [0.1, 0.15) is 73.8 Å². The Bertz CT molecular complexity index is 770. The number of rotatable bonds is 5. The molecule has 1 aliphatic rings. The average molecular weight is 379 g/mol. The molecule has 3 rings (SSSR count). The lowest BCUT2D eigenvalue weighted by molar-refractivity contribution is 0.221. The third kappa shape index (κ3) is 5.48. The van der Waals surface area contributed by atoms with Crippen LogP contribution in [-0.4, -0.2) is 18.0 Å². The molecule has 1 unspecified atom stereocenters. The summed E-state index contributed by atoms with van der Waals surface area (Å²) >= 11 is 0. The highest BCUT2D eigenvalue weighted by Gasteiger charge is 2.20. The predicted molar refractivity (Wildman–Crippen MR) is 123 cm³/mol. The van der Waals surface area contributed by atoms with Crippen LogP contribution in [0.4, 0.5) is 0 Å². The van der Waals surface area contributed by atoms with Crippen LogP contribution >= 0.6 is 0 Å². The molecule has 0 aromatic heterocycles. The standard InChI is InChI=1S/C24H32N2.C2H6/c1-4-23(25)24(22-13-8-10-18(2)19(22)3)21-12-9-11-20(16-21)17-26-14-6-5-7-15-26;1-2/h4,8-13,16,24H,5-7,14-15,17,25H2,1-3H3;1-2H3/b23-4-;. The number of hydrogen-bond acceptors (Lipinski definition) is 2. The highest BCUT2D eigenvalue weighted by atomic mass is 15.1. The molecule has 1 fully saturated rings. The van der Waals surface area contributed by atoms with Gasteiger partial charge in [-0.3, -0.25) is 4.90 Å². The molecule has 1 saturated heterocycles. The molecular formula is C26H38N2. The summed E-state index contributed by atoms with van der Waals surface area (Å²) in [5.41, 5.74) is 14.1. The zero-order chi connectivity index (χ0) is 20.5. The van der Waals surface area contributed by atoms with Crippen molar-refractivity contribution in [2.75, 3.05) is 13.1 Å². The Balaban J connectivity index is 0.00000136. The quantitative estimate of drug-likeness (QED) is 0.660. The van der Waals surface area contributed by atoms with Gasteiger partial charge in [0.15, 0.2) is 0 Å². The second-order valence-corrected chi connectivity index (χ2v) is 7.59. The first kappa shape index (κ1) is 22.2. The lowest BCUT2D eigenvalue weighted by atomic mass is 9.84. The van der Waals surface area contributed by atoms with E-state index in [9.17, 15) is 0 Å². The van der Waals surface area contributed by atoms with E-state index in [1.807, 2.05) is 26.8 Å². The Labute approximate surface area is 172 Å². The molecule has 2 aromatic rings. The van der Waals surface area contributed by atoms with Gasteiger partial charge >= 0.3 is 0 Å². The summed E-state index contributed by atoms with van der Waals surface area (Å²) in [4.78, 5) is 2.58. The van der Waals surface area contributed by atoms with Crippen LogP contribution in [-0.2, 0) is 6.54 Å². The fourth-order valence-electron chi connectivity index (χ4n) is 4.05. The lowest BCUT2D eigenvalue weighted by Crippen LogP contribution is -2.29.